The van der Waals surface area contributed by atoms with Crippen molar-refractivity contribution in [3.05, 3.63) is 5.82 Å². The van der Waals surface area contributed by atoms with Gasteiger partial charge in [-0.05, 0) is 32.3 Å². The number of carbonyl (C=O) groups excluding carboxylic acids is 1. The smallest absolute Gasteiger partial charge is 0.238 e. The van der Waals surface area contributed by atoms with Gasteiger partial charge in [-0.3, -0.25) is 4.79 Å². The molecule has 0 aliphatic rings. The highest BCUT2D eigenvalue weighted by Crippen LogP contribution is 2.07. The quantitative estimate of drug-likeness (QED) is 0.551. The predicted octanol–water partition coefficient (Wildman–Crippen LogP) is -0.562. The summed E-state index contributed by atoms with van der Waals surface area (Å²) in [5.41, 5.74) is 0. The third-order valence-corrected chi connectivity index (χ3v) is 4.78. The van der Waals surface area contributed by atoms with Crippen LogP contribution in [0.15, 0.2) is 0 Å². The Morgan fingerprint density at radius 3 is 2.71 bits per heavy atom. The highest BCUT2D eigenvalue weighted by molar-refractivity contribution is 7.98. The maximum Gasteiger partial charge on any atom is 0.238 e. The number of sulfonamides is 1. The van der Waals surface area contributed by atoms with E-state index in [9.17, 15) is 13.2 Å². The molecule has 21 heavy (non-hydrogen) atoms. The summed E-state index contributed by atoms with van der Waals surface area (Å²) in [5, 5.41) is 15.9. The van der Waals surface area contributed by atoms with Crippen LogP contribution in [0.5, 0.6) is 0 Å². The minimum atomic E-state index is -3.45. The SMILES string of the molecule is CCS(=O)(=O)NC(CCSC)C(=O)NC(C)c1nn[nH]n1. The van der Waals surface area contributed by atoms with E-state index in [1.54, 1.807) is 18.7 Å². The zero-order chi connectivity index (χ0) is 15.9. The van der Waals surface area contributed by atoms with Gasteiger partial charge >= 0.3 is 0 Å². The summed E-state index contributed by atoms with van der Waals surface area (Å²) in [6.07, 6.45) is 2.30. The van der Waals surface area contributed by atoms with Crippen LogP contribution >= 0.6 is 11.8 Å². The van der Waals surface area contributed by atoms with E-state index < -0.39 is 28.0 Å². The van der Waals surface area contributed by atoms with Crippen molar-refractivity contribution in [1.29, 1.82) is 0 Å². The fourth-order valence-electron chi connectivity index (χ4n) is 1.51. The van der Waals surface area contributed by atoms with Crippen molar-refractivity contribution in [3.63, 3.8) is 0 Å². The minimum Gasteiger partial charge on any atom is -0.345 e. The van der Waals surface area contributed by atoms with Gasteiger partial charge in [-0.2, -0.15) is 17.0 Å². The fourth-order valence-corrected chi connectivity index (χ4v) is 2.81. The molecule has 0 fully saturated rings. The Kier molecular flexibility index (Phi) is 7.05. The van der Waals surface area contributed by atoms with Crippen molar-refractivity contribution in [2.24, 2.45) is 0 Å². The van der Waals surface area contributed by atoms with Crippen molar-refractivity contribution in [3.8, 4) is 0 Å². The Morgan fingerprint density at radius 1 is 1.48 bits per heavy atom. The number of tetrazole rings is 1. The number of aromatic amines is 1. The number of nitrogens with zero attached hydrogens (tertiary/aromatic N) is 3. The van der Waals surface area contributed by atoms with Crippen LogP contribution in [0, 0.1) is 0 Å². The van der Waals surface area contributed by atoms with Gasteiger partial charge < -0.3 is 5.32 Å². The molecule has 0 aromatic carbocycles. The summed E-state index contributed by atoms with van der Waals surface area (Å²) in [6.45, 7) is 3.22. The number of H-pyrrole nitrogens is 1. The van der Waals surface area contributed by atoms with Gasteiger partial charge in [-0.15, -0.1) is 10.2 Å². The van der Waals surface area contributed by atoms with E-state index in [0.717, 1.165) is 0 Å². The van der Waals surface area contributed by atoms with Crippen LogP contribution in [0.4, 0.5) is 0 Å². The van der Waals surface area contributed by atoms with Crippen molar-refractivity contribution < 1.29 is 13.2 Å². The van der Waals surface area contributed by atoms with Crippen LogP contribution in [0.1, 0.15) is 32.1 Å². The van der Waals surface area contributed by atoms with Crippen LogP contribution in [0.3, 0.4) is 0 Å². The first-order chi connectivity index (χ1) is 9.89. The molecule has 1 aromatic heterocycles. The van der Waals surface area contributed by atoms with E-state index in [1.165, 1.54) is 6.92 Å². The molecule has 11 heteroatoms. The Bertz CT molecular complexity index is 533. The summed E-state index contributed by atoms with van der Waals surface area (Å²) in [5.74, 6) is 0.529. The number of rotatable bonds is 9. The molecule has 1 aromatic rings. The van der Waals surface area contributed by atoms with E-state index in [-0.39, 0.29) is 5.75 Å². The summed E-state index contributed by atoms with van der Waals surface area (Å²) in [7, 11) is -3.45. The highest BCUT2D eigenvalue weighted by atomic mass is 32.2. The van der Waals surface area contributed by atoms with E-state index in [2.05, 4.69) is 30.7 Å². The molecule has 1 amide bonds. The molecule has 0 spiro atoms. The molecule has 0 aliphatic heterocycles. The zero-order valence-corrected chi connectivity index (χ0v) is 13.8. The molecule has 1 heterocycles. The lowest BCUT2D eigenvalue weighted by Crippen LogP contribution is -2.48. The van der Waals surface area contributed by atoms with Gasteiger partial charge in [0.15, 0.2) is 5.82 Å². The molecule has 0 saturated carbocycles. The number of hydrogen-bond donors (Lipinski definition) is 3. The topological polar surface area (TPSA) is 130 Å². The maximum atomic E-state index is 12.2. The van der Waals surface area contributed by atoms with Crippen molar-refractivity contribution in [2.45, 2.75) is 32.4 Å². The van der Waals surface area contributed by atoms with Gasteiger partial charge in [-0.1, -0.05) is 5.21 Å². The molecule has 9 nitrogen and oxygen atoms in total. The first-order valence-corrected chi connectivity index (χ1v) is 9.47. The second-order valence-electron chi connectivity index (χ2n) is 4.36. The third-order valence-electron chi connectivity index (χ3n) is 2.74. The van der Waals surface area contributed by atoms with Crippen LogP contribution in [-0.2, 0) is 14.8 Å². The molecule has 0 saturated heterocycles. The number of amides is 1. The lowest BCUT2D eigenvalue weighted by atomic mass is 10.2. The molecule has 2 atom stereocenters. The van der Waals surface area contributed by atoms with Crippen LogP contribution in [0.25, 0.3) is 0 Å². The van der Waals surface area contributed by atoms with Crippen LogP contribution in [-0.4, -0.2) is 58.8 Å². The molecule has 0 aliphatic carbocycles. The number of hydrogen-bond acceptors (Lipinski definition) is 7. The van der Waals surface area contributed by atoms with E-state index >= 15 is 0 Å². The fraction of sp³-hybridized carbons (Fsp3) is 0.800. The summed E-state index contributed by atoms with van der Waals surface area (Å²) >= 11 is 1.54. The van der Waals surface area contributed by atoms with Gasteiger partial charge in [0.1, 0.15) is 6.04 Å². The Hall–Kier alpha value is -1.20. The third kappa shape index (κ3) is 5.98. The molecule has 3 N–H and O–H groups in total. The molecular weight excluding hydrogens is 316 g/mol. The Labute approximate surface area is 128 Å². The number of nitrogens with one attached hydrogen (secondary N) is 3. The van der Waals surface area contributed by atoms with Crippen LogP contribution in [0.2, 0.25) is 0 Å². The minimum absolute atomic E-state index is 0.0730. The number of thioether (sulfide) groups is 1. The highest BCUT2D eigenvalue weighted by Gasteiger charge is 2.25. The summed E-state index contributed by atoms with van der Waals surface area (Å²) in [4.78, 5) is 12.2. The molecule has 2 unspecified atom stereocenters. The zero-order valence-electron chi connectivity index (χ0n) is 12.2. The lowest BCUT2D eigenvalue weighted by molar-refractivity contribution is -0.123. The maximum absolute atomic E-state index is 12.2. The molecule has 120 valence electrons. The van der Waals surface area contributed by atoms with Crippen molar-refractivity contribution >= 4 is 27.7 Å². The lowest BCUT2D eigenvalue weighted by Gasteiger charge is -2.19. The second kappa shape index (κ2) is 8.29. The van der Waals surface area contributed by atoms with Crippen LogP contribution < -0.4 is 10.0 Å². The van der Waals surface area contributed by atoms with Crippen molar-refractivity contribution in [2.75, 3.05) is 17.8 Å². The van der Waals surface area contributed by atoms with Gasteiger partial charge in [0.25, 0.3) is 0 Å². The molecule has 1 rings (SSSR count). The van der Waals surface area contributed by atoms with Gasteiger partial charge in [0.2, 0.25) is 15.9 Å². The predicted molar refractivity (Wildman–Crippen MR) is 80.1 cm³/mol. The standard InChI is InChI=1S/C10H20N6O3S2/c1-4-21(18,19)14-8(5-6-20-3)10(17)11-7(2)9-12-15-16-13-9/h7-8,14H,4-6H2,1-3H3,(H,11,17)(H,12,13,15,16). The first kappa shape index (κ1) is 17.9. The molecule has 0 bridgehead atoms. The normalized spacial score (nSPS) is 14.6. The van der Waals surface area contributed by atoms with Crippen molar-refractivity contribution in [1.82, 2.24) is 30.7 Å². The average Bonchev–Trinajstić information content (AvgIpc) is 2.97. The second-order valence-corrected chi connectivity index (χ2v) is 7.38. The summed E-state index contributed by atoms with van der Waals surface area (Å²) in [6, 6.07) is -1.27. The number of carbonyl (C=O) groups is 1. The largest absolute Gasteiger partial charge is 0.345 e. The van der Waals surface area contributed by atoms with E-state index in [1.807, 2.05) is 6.26 Å². The Morgan fingerprint density at radius 2 is 2.19 bits per heavy atom. The van der Waals surface area contributed by atoms with Gasteiger partial charge in [0.05, 0.1) is 11.8 Å². The summed E-state index contributed by atoms with van der Waals surface area (Å²) < 4.78 is 25.7. The average molecular weight is 336 g/mol. The van der Waals surface area contributed by atoms with E-state index in [0.29, 0.717) is 18.0 Å². The monoisotopic (exact) mass is 336 g/mol. The first-order valence-electron chi connectivity index (χ1n) is 6.42. The molecular formula is C10H20N6O3S2. The number of aromatic nitrogens is 4. The molecule has 0 radical (unpaired) electrons. The Balaban J connectivity index is 2.70. The van der Waals surface area contributed by atoms with Gasteiger partial charge in [0, 0.05) is 0 Å². The van der Waals surface area contributed by atoms with Gasteiger partial charge in [-0.25, -0.2) is 13.1 Å². The van der Waals surface area contributed by atoms with E-state index in [4.69, 9.17) is 0 Å².